The summed E-state index contributed by atoms with van der Waals surface area (Å²) in [5.74, 6) is -0.993. The second kappa shape index (κ2) is 9.71. The molecule has 0 radical (unpaired) electrons. The van der Waals surface area contributed by atoms with E-state index >= 15 is 0 Å². The first-order chi connectivity index (χ1) is 15.3. The smallest absolute Gasteiger partial charge is 0.348 e. The fraction of sp³-hybridized carbons (Fsp3) is 0.520. The summed E-state index contributed by atoms with van der Waals surface area (Å²) in [5.41, 5.74) is 1.01. The molecular weight excluding hydrogens is 429 g/mol. The number of aliphatic hydroxyl groups is 1. The summed E-state index contributed by atoms with van der Waals surface area (Å²) in [7, 11) is 0. The molecule has 0 saturated heterocycles. The topological polar surface area (TPSA) is 77.8 Å². The number of hydrogen-bond donors (Lipinski definition) is 2. The predicted octanol–water partition coefficient (Wildman–Crippen LogP) is 5.72. The van der Waals surface area contributed by atoms with Crippen LogP contribution in [0.5, 0.6) is 0 Å². The van der Waals surface area contributed by atoms with Crippen LogP contribution in [0.15, 0.2) is 30.3 Å². The summed E-state index contributed by atoms with van der Waals surface area (Å²) < 4.78 is 13.8. The first-order valence-electron chi connectivity index (χ1n) is 11.5. The number of rotatable bonds is 5. The van der Waals surface area contributed by atoms with E-state index in [-0.39, 0.29) is 34.7 Å². The van der Waals surface area contributed by atoms with Gasteiger partial charge in [-0.25, -0.2) is 9.18 Å². The van der Waals surface area contributed by atoms with Crippen LogP contribution in [0.4, 0.5) is 10.1 Å². The molecule has 2 fully saturated rings. The van der Waals surface area contributed by atoms with Gasteiger partial charge in [-0.1, -0.05) is 19.1 Å². The molecule has 2 saturated carbocycles. The quantitative estimate of drug-likeness (QED) is 0.600. The molecule has 0 bridgehead atoms. The number of carbonyl (C=O) groups excluding carboxylic acids is 1. The second-order valence-corrected chi connectivity index (χ2v) is 10.3. The lowest BCUT2D eigenvalue weighted by molar-refractivity contribution is -0.124. The third-order valence-electron chi connectivity index (χ3n) is 6.91. The number of aliphatic hydroxyl groups excluding tert-OH is 1. The molecule has 1 aromatic heterocycles. The van der Waals surface area contributed by atoms with Crippen molar-refractivity contribution in [3.8, 4) is 10.4 Å². The maximum atomic E-state index is 13.8. The summed E-state index contributed by atoms with van der Waals surface area (Å²) >= 11 is 1.08. The monoisotopic (exact) mass is 459 g/mol. The Kier molecular flexibility index (Phi) is 6.96. The second-order valence-electron chi connectivity index (χ2n) is 9.27. The number of amides is 1. The predicted molar refractivity (Wildman–Crippen MR) is 124 cm³/mol. The van der Waals surface area contributed by atoms with Crippen molar-refractivity contribution < 1.29 is 24.2 Å². The van der Waals surface area contributed by atoms with Gasteiger partial charge in [0.1, 0.15) is 10.7 Å². The first kappa shape index (κ1) is 22.9. The SMILES string of the molecule is CC1CCC(C(=O)N(c2cc(-c3cccc(F)c3)sc2C(=O)O)C2CCC(O)CC2)CC1. The number of carboxylic acids is 1. The van der Waals surface area contributed by atoms with Crippen molar-refractivity contribution in [2.75, 3.05) is 4.90 Å². The van der Waals surface area contributed by atoms with Gasteiger partial charge in [-0.05, 0) is 81.0 Å². The van der Waals surface area contributed by atoms with E-state index in [4.69, 9.17) is 0 Å². The van der Waals surface area contributed by atoms with Gasteiger partial charge in [0.15, 0.2) is 0 Å². The number of hydrogen-bond acceptors (Lipinski definition) is 4. The van der Waals surface area contributed by atoms with Gasteiger partial charge in [0.25, 0.3) is 0 Å². The molecule has 0 atom stereocenters. The number of nitrogens with zero attached hydrogens (tertiary/aromatic N) is 1. The lowest BCUT2D eigenvalue weighted by atomic mass is 9.81. The lowest BCUT2D eigenvalue weighted by Crippen LogP contribution is -2.47. The van der Waals surface area contributed by atoms with E-state index in [9.17, 15) is 24.2 Å². The van der Waals surface area contributed by atoms with Crippen molar-refractivity contribution in [2.45, 2.75) is 70.4 Å². The molecular formula is C25H30FNO4S. The van der Waals surface area contributed by atoms with E-state index in [1.54, 1.807) is 23.1 Å². The summed E-state index contributed by atoms with van der Waals surface area (Å²) in [6, 6.07) is 7.67. The number of aromatic carboxylic acids is 1. The zero-order chi connectivity index (χ0) is 22.8. The molecule has 2 N–H and O–H groups in total. The van der Waals surface area contributed by atoms with Crippen LogP contribution in [-0.2, 0) is 4.79 Å². The molecule has 2 aromatic rings. The molecule has 4 rings (SSSR count). The Labute approximate surface area is 191 Å². The van der Waals surface area contributed by atoms with Gasteiger partial charge in [-0.15, -0.1) is 11.3 Å². The van der Waals surface area contributed by atoms with Crippen molar-refractivity contribution in [1.29, 1.82) is 0 Å². The van der Waals surface area contributed by atoms with Gasteiger partial charge < -0.3 is 15.1 Å². The van der Waals surface area contributed by atoms with Crippen molar-refractivity contribution in [3.05, 3.63) is 41.0 Å². The minimum absolute atomic E-state index is 0.00983. The summed E-state index contributed by atoms with van der Waals surface area (Å²) in [5, 5.41) is 19.9. The summed E-state index contributed by atoms with van der Waals surface area (Å²) in [4.78, 5) is 28.4. The molecule has 1 heterocycles. The number of benzene rings is 1. The highest BCUT2D eigenvalue weighted by Gasteiger charge is 2.37. The highest BCUT2D eigenvalue weighted by molar-refractivity contribution is 7.18. The molecule has 2 aliphatic carbocycles. The Hall–Kier alpha value is -2.25. The van der Waals surface area contributed by atoms with E-state index < -0.39 is 5.97 Å². The van der Waals surface area contributed by atoms with Crippen LogP contribution >= 0.6 is 11.3 Å². The van der Waals surface area contributed by atoms with Crippen LogP contribution in [0.1, 0.15) is 68.0 Å². The van der Waals surface area contributed by atoms with Gasteiger partial charge in [0.2, 0.25) is 5.91 Å². The molecule has 7 heteroatoms. The molecule has 0 unspecified atom stereocenters. The van der Waals surface area contributed by atoms with Gasteiger partial charge in [-0.2, -0.15) is 0 Å². The van der Waals surface area contributed by atoms with E-state index in [1.165, 1.54) is 12.1 Å². The third-order valence-corrected chi connectivity index (χ3v) is 8.07. The minimum atomic E-state index is -1.08. The maximum Gasteiger partial charge on any atom is 0.348 e. The molecule has 2 aliphatic rings. The molecule has 1 aromatic carbocycles. The van der Waals surface area contributed by atoms with Gasteiger partial charge in [-0.3, -0.25) is 4.79 Å². The highest BCUT2D eigenvalue weighted by Crippen LogP contribution is 2.41. The van der Waals surface area contributed by atoms with E-state index in [0.717, 1.165) is 37.0 Å². The van der Waals surface area contributed by atoms with Gasteiger partial charge >= 0.3 is 5.97 Å². The molecule has 5 nitrogen and oxygen atoms in total. The number of thiophene rings is 1. The van der Waals surface area contributed by atoms with E-state index in [1.807, 2.05) is 0 Å². The average Bonchev–Trinajstić information content (AvgIpc) is 3.21. The van der Waals surface area contributed by atoms with Crippen LogP contribution in [0, 0.1) is 17.7 Å². The summed E-state index contributed by atoms with van der Waals surface area (Å²) in [6.07, 6.45) is 5.72. The zero-order valence-electron chi connectivity index (χ0n) is 18.3. The first-order valence-corrected chi connectivity index (χ1v) is 12.3. The number of carboxylic acid groups (broad SMARTS) is 1. The van der Waals surface area contributed by atoms with Crippen molar-refractivity contribution >= 4 is 28.9 Å². The maximum absolute atomic E-state index is 13.8. The standard InChI is InChI=1S/C25H30FNO4S/c1-15-5-7-16(8-6-15)24(29)27(19-9-11-20(28)12-10-19)21-14-22(32-23(21)25(30)31)17-3-2-4-18(26)13-17/h2-4,13-16,19-20,28H,5-12H2,1H3,(H,30,31). The Morgan fingerprint density at radius 1 is 1.03 bits per heavy atom. The fourth-order valence-electron chi connectivity index (χ4n) is 5.01. The van der Waals surface area contributed by atoms with Crippen LogP contribution in [0.3, 0.4) is 0 Å². The van der Waals surface area contributed by atoms with Crippen LogP contribution in [-0.4, -0.2) is 34.2 Å². The lowest BCUT2D eigenvalue weighted by Gasteiger charge is -2.38. The third kappa shape index (κ3) is 4.89. The zero-order valence-corrected chi connectivity index (χ0v) is 19.1. The Balaban J connectivity index is 1.74. The largest absolute Gasteiger partial charge is 0.477 e. The van der Waals surface area contributed by atoms with Crippen LogP contribution in [0.25, 0.3) is 10.4 Å². The van der Waals surface area contributed by atoms with Crippen LogP contribution < -0.4 is 4.90 Å². The van der Waals surface area contributed by atoms with Crippen molar-refractivity contribution in [2.24, 2.45) is 11.8 Å². The normalized spacial score (nSPS) is 26.0. The van der Waals surface area contributed by atoms with Crippen molar-refractivity contribution in [3.63, 3.8) is 0 Å². The molecule has 172 valence electrons. The Morgan fingerprint density at radius 3 is 2.34 bits per heavy atom. The molecule has 32 heavy (non-hydrogen) atoms. The van der Waals surface area contributed by atoms with E-state index in [2.05, 4.69) is 6.92 Å². The summed E-state index contributed by atoms with van der Waals surface area (Å²) in [6.45, 7) is 2.20. The Bertz CT molecular complexity index is 974. The average molecular weight is 460 g/mol. The fourth-order valence-corrected chi connectivity index (χ4v) is 6.00. The molecule has 1 amide bonds. The molecule has 0 spiro atoms. The number of carbonyl (C=O) groups is 2. The number of anilines is 1. The number of halogens is 1. The van der Waals surface area contributed by atoms with Crippen molar-refractivity contribution in [1.82, 2.24) is 0 Å². The minimum Gasteiger partial charge on any atom is -0.477 e. The van der Waals surface area contributed by atoms with Crippen LogP contribution in [0.2, 0.25) is 0 Å². The van der Waals surface area contributed by atoms with E-state index in [0.29, 0.717) is 47.7 Å². The molecule has 0 aliphatic heterocycles. The highest BCUT2D eigenvalue weighted by atomic mass is 32.1. The Morgan fingerprint density at radius 2 is 1.72 bits per heavy atom. The van der Waals surface area contributed by atoms with Gasteiger partial charge in [0, 0.05) is 16.8 Å². The van der Waals surface area contributed by atoms with Gasteiger partial charge in [0.05, 0.1) is 11.8 Å².